The van der Waals surface area contributed by atoms with Crippen LogP contribution in [0.25, 0.3) is 30.9 Å². The van der Waals surface area contributed by atoms with Crippen molar-refractivity contribution >= 4 is 77.2 Å². The second kappa shape index (κ2) is 27.8. The molecule has 2 aromatic heterocycles. The Morgan fingerprint density at radius 3 is 0.909 bits per heavy atom. The topological polar surface area (TPSA) is 74.8 Å². The summed E-state index contributed by atoms with van der Waals surface area (Å²) in [6, 6.07) is 3.95. The zero-order valence-electron chi connectivity index (χ0n) is 41.8. The van der Waals surface area contributed by atoms with E-state index >= 15 is 19.2 Å². The molecule has 4 heterocycles. The summed E-state index contributed by atoms with van der Waals surface area (Å²) < 4.78 is 1.53. The van der Waals surface area contributed by atoms with Gasteiger partial charge in [-0.3, -0.25) is 29.0 Å². The van der Waals surface area contributed by atoms with Gasteiger partial charge in [0.15, 0.2) is 0 Å². The normalized spacial score (nSPS) is 14.8. The molecule has 0 bridgehead atoms. The molecule has 0 spiro atoms. The SMILES string of the molecule is CCCCCCCCCCC(CCCCCCCC)CN1C(=O)c2c3ccsc3c3c4c(c5ccsc5c(c24)C1=O)C(=O)N(CC(CCCCCCCC)CCCCCCCCCC)C3=O. The lowest BCUT2D eigenvalue weighted by atomic mass is 9.82. The Morgan fingerprint density at radius 2 is 0.621 bits per heavy atom. The number of hydrogen-bond donors (Lipinski definition) is 0. The van der Waals surface area contributed by atoms with Crippen molar-refractivity contribution in [3.8, 4) is 0 Å². The van der Waals surface area contributed by atoms with Crippen LogP contribution in [0, 0.1) is 11.8 Å². The first-order chi connectivity index (χ1) is 32.4. The van der Waals surface area contributed by atoms with Crippen LogP contribution in [0.5, 0.6) is 0 Å². The van der Waals surface area contributed by atoms with Crippen LogP contribution in [0.2, 0.25) is 0 Å². The molecule has 0 saturated carbocycles. The molecule has 2 unspecified atom stereocenters. The van der Waals surface area contributed by atoms with Gasteiger partial charge in [0.2, 0.25) is 0 Å². The molecule has 0 aliphatic carbocycles. The van der Waals surface area contributed by atoms with E-state index in [0.29, 0.717) is 46.1 Å². The molecule has 66 heavy (non-hydrogen) atoms. The standard InChI is InChI=1S/C58H86N2O4S2/c1-5-9-13-17-21-23-27-31-35-43(33-29-25-19-15-11-7-3)41-59-55(61)47-45-37-39-66-54(45)52-50-48(46-38-40-65-53(46)51(49(47)50)57(59)63)56(62)60(58(52)64)42-44(34-30-26-20-16-12-8-4)36-32-28-24-22-18-14-10-6-2/h37-40,43-44H,5-36,41-42H2,1-4H3. The number of benzene rings is 2. The molecule has 2 atom stereocenters. The third-order valence-electron chi connectivity index (χ3n) is 15.2. The minimum atomic E-state index is -0.264. The van der Waals surface area contributed by atoms with Gasteiger partial charge in [0, 0.05) is 44.0 Å². The Hall–Kier alpha value is -3.10. The van der Waals surface area contributed by atoms with Gasteiger partial charge < -0.3 is 0 Å². The maximum atomic E-state index is 15.1. The number of amides is 4. The smallest absolute Gasteiger partial charge is 0.262 e. The number of carbonyl (C=O) groups excluding carboxylic acids is 4. The quantitative estimate of drug-likeness (QED) is 0.0336. The van der Waals surface area contributed by atoms with E-state index in [1.807, 2.05) is 22.9 Å². The van der Waals surface area contributed by atoms with Crippen LogP contribution in [0.1, 0.15) is 275 Å². The second-order valence-electron chi connectivity index (χ2n) is 20.4. The molecule has 0 saturated heterocycles. The number of unbranched alkanes of at least 4 members (excludes halogenated alkanes) is 24. The highest BCUT2D eigenvalue weighted by atomic mass is 32.1. The van der Waals surface area contributed by atoms with E-state index in [0.717, 1.165) is 71.5 Å². The van der Waals surface area contributed by atoms with Crippen LogP contribution in [0.15, 0.2) is 22.9 Å². The molecular weight excluding hydrogens is 853 g/mol. The van der Waals surface area contributed by atoms with Crippen molar-refractivity contribution in [3.05, 3.63) is 45.1 Å². The van der Waals surface area contributed by atoms with Gasteiger partial charge in [-0.1, -0.05) is 207 Å². The zero-order chi connectivity index (χ0) is 46.7. The summed E-state index contributed by atoms with van der Waals surface area (Å²) >= 11 is 2.97. The molecule has 0 radical (unpaired) electrons. The molecule has 6 nitrogen and oxygen atoms in total. The molecule has 4 amide bonds. The predicted molar refractivity (Wildman–Crippen MR) is 283 cm³/mol. The third-order valence-corrected chi connectivity index (χ3v) is 17.0. The fourth-order valence-corrected chi connectivity index (χ4v) is 13.2. The summed E-state index contributed by atoms with van der Waals surface area (Å²) in [6.45, 7) is 9.86. The minimum Gasteiger partial charge on any atom is -0.274 e. The Kier molecular flexibility index (Phi) is 22.0. The summed E-state index contributed by atoms with van der Waals surface area (Å²) in [5.41, 5.74) is 2.04. The van der Waals surface area contributed by atoms with Gasteiger partial charge in [0.05, 0.1) is 22.3 Å². The Balaban J connectivity index is 1.28. The van der Waals surface area contributed by atoms with Crippen molar-refractivity contribution in [3.63, 3.8) is 0 Å². The van der Waals surface area contributed by atoms with Gasteiger partial charge in [0.25, 0.3) is 23.6 Å². The zero-order valence-corrected chi connectivity index (χ0v) is 43.5. The van der Waals surface area contributed by atoms with Gasteiger partial charge in [-0.05, 0) is 60.4 Å². The first kappa shape index (κ1) is 52.3. The lowest BCUT2D eigenvalue weighted by Gasteiger charge is -2.35. The number of carbonyl (C=O) groups is 4. The Bertz CT molecular complexity index is 1910. The largest absolute Gasteiger partial charge is 0.274 e. The van der Waals surface area contributed by atoms with Crippen LogP contribution < -0.4 is 0 Å². The highest BCUT2D eigenvalue weighted by Gasteiger charge is 2.45. The first-order valence-electron chi connectivity index (χ1n) is 27.5. The summed E-state index contributed by atoms with van der Waals surface area (Å²) in [5, 5.41) is 6.52. The predicted octanol–water partition coefficient (Wildman–Crippen LogP) is 18.3. The van der Waals surface area contributed by atoms with Gasteiger partial charge in [0.1, 0.15) is 0 Å². The Labute approximate surface area is 407 Å². The van der Waals surface area contributed by atoms with E-state index in [-0.39, 0.29) is 35.5 Å². The van der Waals surface area contributed by atoms with Crippen LogP contribution in [0.4, 0.5) is 0 Å². The number of nitrogens with zero attached hydrogens (tertiary/aromatic N) is 2. The fourth-order valence-electron chi connectivity index (χ4n) is 11.3. The number of rotatable bonds is 36. The number of hydrogen-bond acceptors (Lipinski definition) is 6. The lowest BCUT2D eigenvalue weighted by molar-refractivity contribution is 0.0560. The van der Waals surface area contributed by atoms with E-state index in [2.05, 4.69) is 27.7 Å². The maximum Gasteiger partial charge on any atom is 0.262 e. The van der Waals surface area contributed by atoms with Crippen LogP contribution in [-0.4, -0.2) is 46.5 Å². The molecule has 6 rings (SSSR count). The third kappa shape index (κ3) is 13.2. The van der Waals surface area contributed by atoms with Gasteiger partial charge >= 0.3 is 0 Å². The van der Waals surface area contributed by atoms with Gasteiger partial charge in [-0.15, -0.1) is 22.7 Å². The van der Waals surface area contributed by atoms with Crippen molar-refractivity contribution < 1.29 is 19.2 Å². The van der Waals surface area contributed by atoms with Crippen LogP contribution in [-0.2, 0) is 0 Å². The first-order valence-corrected chi connectivity index (χ1v) is 29.3. The second-order valence-corrected chi connectivity index (χ2v) is 22.2. The molecule has 4 aromatic rings. The molecule has 8 heteroatoms. The fraction of sp³-hybridized carbons (Fsp3) is 0.690. The summed E-state index contributed by atoms with van der Waals surface area (Å²) in [6.07, 6.45) is 38.8. The molecule has 2 aliphatic heterocycles. The van der Waals surface area contributed by atoms with Gasteiger partial charge in [-0.2, -0.15) is 0 Å². The van der Waals surface area contributed by atoms with Gasteiger partial charge in [-0.25, -0.2) is 0 Å². The number of imide groups is 2. The van der Waals surface area contributed by atoms with Crippen molar-refractivity contribution in [2.24, 2.45) is 11.8 Å². The van der Waals surface area contributed by atoms with Crippen molar-refractivity contribution in [2.75, 3.05) is 13.1 Å². The molecule has 0 fully saturated rings. The Morgan fingerprint density at radius 1 is 0.364 bits per heavy atom. The van der Waals surface area contributed by atoms with E-state index in [9.17, 15) is 0 Å². The van der Waals surface area contributed by atoms with Crippen LogP contribution >= 0.6 is 22.7 Å². The van der Waals surface area contributed by atoms with Crippen molar-refractivity contribution in [2.45, 2.75) is 233 Å². The summed E-state index contributed by atoms with van der Waals surface area (Å²) in [7, 11) is 0. The molecule has 364 valence electrons. The van der Waals surface area contributed by atoms with Crippen molar-refractivity contribution in [1.82, 2.24) is 9.80 Å². The van der Waals surface area contributed by atoms with Crippen molar-refractivity contribution in [1.29, 1.82) is 0 Å². The average Bonchev–Trinajstić information content (AvgIpc) is 4.01. The molecule has 2 aliphatic rings. The monoisotopic (exact) mass is 939 g/mol. The highest BCUT2D eigenvalue weighted by molar-refractivity contribution is 7.18. The summed E-state index contributed by atoms with van der Waals surface area (Å²) in [5.74, 6) is -0.575. The summed E-state index contributed by atoms with van der Waals surface area (Å²) in [4.78, 5) is 63.6. The minimum absolute atomic E-state index is 0.238. The maximum absolute atomic E-state index is 15.1. The highest BCUT2D eigenvalue weighted by Crippen LogP contribution is 2.49. The van der Waals surface area contributed by atoms with E-state index in [1.165, 1.54) is 177 Å². The van der Waals surface area contributed by atoms with E-state index in [4.69, 9.17) is 0 Å². The van der Waals surface area contributed by atoms with E-state index < -0.39 is 0 Å². The molecule has 0 N–H and O–H groups in total. The van der Waals surface area contributed by atoms with Crippen LogP contribution in [0.3, 0.4) is 0 Å². The number of fused-ring (bicyclic) bond motifs is 6. The molecule has 2 aromatic carbocycles. The lowest BCUT2D eigenvalue weighted by Crippen LogP contribution is -2.46. The number of thiophene rings is 2. The average molecular weight is 939 g/mol. The molecular formula is C58H86N2O4S2. The van der Waals surface area contributed by atoms with E-state index in [1.54, 1.807) is 9.80 Å².